The molecule has 9 aromatic carbocycles. The first kappa shape index (κ1) is 52.3. The molecular weight excluding hydrogens is 973 g/mol. The average Bonchev–Trinajstić information content (AvgIpc) is 4.41. The minimum absolute atomic E-state index is 0.151. The van der Waals surface area contributed by atoms with Crippen molar-refractivity contribution < 1.29 is 0 Å². The van der Waals surface area contributed by atoms with Crippen LogP contribution in [0, 0.1) is 32.6 Å². The van der Waals surface area contributed by atoms with Gasteiger partial charge in [0.25, 0.3) is 0 Å². The van der Waals surface area contributed by atoms with Crippen molar-refractivity contribution >= 4 is 11.1 Å². The lowest BCUT2D eigenvalue weighted by molar-refractivity contribution is 0.591. The number of aryl methyl sites for hydroxylation is 4. The van der Waals surface area contributed by atoms with E-state index in [-0.39, 0.29) is 10.8 Å². The van der Waals surface area contributed by atoms with Crippen LogP contribution in [0.5, 0.6) is 0 Å². The number of hydrogen-bond acceptors (Lipinski definition) is 0. The van der Waals surface area contributed by atoms with Crippen molar-refractivity contribution in [2.24, 2.45) is 11.8 Å². The molecule has 0 heterocycles. The molecule has 6 aliphatic carbocycles. The van der Waals surface area contributed by atoms with Gasteiger partial charge in [0, 0.05) is 5.41 Å². The first-order chi connectivity index (χ1) is 39.4. The fraction of sp³-hybridized carbons (Fsp3) is 0.235. The minimum atomic E-state index is -0.254. The van der Waals surface area contributed by atoms with Crippen molar-refractivity contribution in [1.82, 2.24) is 0 Å². The van der Waals surface area contributed by atoms with Gasteiger partial charge in [0.05, 0.1) is 5.41 Å². The largest absolute Gasteiger partial charge is 0.0833 e. The maximum absolute atomic E-state index is 2.59. The van der Waals surface area contributed by atoms with Gasteiger partial charge in [-0.15, -0.1) is 0 Å². The highest BCUT2D eigenvalue weighted by atomic mass is 14.6. The topological polar surface area (TPSA) is 0 Å². The van der Waals surface area contributed by atoms with Crippen LogP contribution in [0.2, 0.25) is 0 Å². The monoisotopic (exact) mass is 1050 g/mol. The van der Waals surface area contributed by atoms with E-state index >= 15 is 0 Å². The molecule has 0 amide bonds. The molecule has 9 aromatic rings. The molecule has 0 heteroatoms. The number of benzene rings is 9. The molecule has 6 aliphatic rings. The number of rotatable bonds is 7. The highest BCUT2D eigenvalue weighted by Gasteiger charge is 2.54. The van der Waals surface area contributed by atoms with Gasteiger partial charge in [0.15, 0.2) is 0 Å². The zero-order valence-electron chi connectivity index (χ0n) is 48.8. The molecule has 1 fully saturated rings. The van der Waals surface area contributed by atoms with Gasteiger partial charge in [0.2, 0.25) is 0 Å². The molecule has 3 atom stereocenters. The second kappa shape index (κ2) is 21.1. The van der Waals surface area contributed by atoms with Crippen molar-refractivity contribution in [3.63, 3.8) is 0 Å². The van der Waals surface area contributed by atoms with Gasteiger partial charge in [-0.1, -0.05) is 271 Å². The molecule has 0 aliphatic heterocycles. The Morgan fingerprint density at radius 1 is 0.457 bits per heavy atom. The summed E-state index contributed by atoms with van der Waals surface area (Å²) in [6.45, 7) is 18.2. The zero-order chi connectivity index (χ0) is 55.6. The van der Waals surface area contributed by atoms with Crippen LogP contribution >= 0.6 is 0 Å². The number of fused-ring (bicyclic) bond motifs is 12. The van der Waals surface area contributed by atoms with Crippen molar-refractivity contribution in [3.05, 3.63) is 297 Å². The molecule has 0 aromatic heterocycles. The predicted octanol–water partition coefficient (Wildman–Crippen LogP) is 21.8. The van der Waals surface area contributed by atoms with Crippen LogP contribution in [0.3, 0.4) is 0 Å². The average molecular weight is 1050 g/mol. The summed E-state index contributed by atoms with van der Waals surface area (Å²) in [5.41, 5.74) is 35.0. The smallest absolute Gasteiger partial charge is 0.0691 e. The van der Waals surface area contributed by atoms with Gasteiger partial charge in [0.1, 0.15) is 0 Å². The Balaban J connectivity index is 0.000000135. The maximum Gasteiger partial charge on any atom is 0.0691 e. The predicted molar refractivity (Wildman–Crippen MR) is 346 cm³/mol. The van der Waals surface area contributed by atoms with Crippen molar-refractivity contribution in [3.8, 4) is 55.6 Å². The summed E-state index contributed by atoms with van der Waals surface area (Å²) in [6, 6.07) is 73.2. The lowest BCUT2D eigenvalue weighted by Crippen LogP contribution is -2.31. The maximum atomic E-state index is 2.59. The summed E-state index contributed by atoms with van der Waals surface area (Å²) in [5.74, 6) is 1.78. The van der Waals surface area contributed by atoms with E-state index in [1.807, 2.05) is 0 Å². The quantitative estimate of drug-likeness (QED) is 0.149. The Labute approximate surface area is 483 Å². The second-order valence-electron chi connectivity index (χ2n) is 24.8. The van der Waals surface area contributed by atoms with E-state index in [0.29, 0.717) is 17.8 Å². The van der Waals surface area contributed by atoms with Crippen LogP contribution in [0.4, 0.5) is 0 Å². The van der Waals surface area contributed by atoms with Gasteiger partial charge in [-0.25, -0.2) is 0 Å². The van der Waals surface area contributed by atoms with Gasteiger partial charge >= 0.3 is 0 Å². The van der Waals surface area contributed by atoms with Crippen LogP contribution in [-0.4, -0.2) is 0 Å². The first-order valence-corrected chi connectivity index (χ1v) is 30.2. The Morgan fingerprint density at radius 2 is 1.01 bits per heavy atom. The number of allylic oxidation sites excluding steroid dienone is 8. The van der Waals surface area contributed by atoms with E-state index in [1.165, 1.54) is 153 Å². The zero-order valence-corrected chi connectivity index (χ0v) is 48.8. The van der Waals surface area contributed by atoms with Crippen LogP contribution in [0.15, 0.2) is 230 Å². The summed E-state index contributed by atoms with van der Waals surface area (Å²) >= 11 is 0. The van der Waals surface area contributed by atoms with Crippen LogP contribution < -0.4 is 0 Å². The van der Waals surface area contributed by atoms with E-state index in [0.717, 1.165) is 19.3 Å². The second-order valence-corrected chi connectivity index (χ2v) is 24.8. The van der Waals surface area contributed by atoms with Crippen LogP contribution in [0.25, 0.3) is 66.8 Å². The van der Waals surface area contributed by atoms with E-state index < -0.39 is 0 Å². The molecule has 0 N–H and O–H groups in total. The summed E-state index contributed by atoms with van der Waals surface area (Å²) < 4.78 is 0. The molecule has 1 saturated carbocycles. The van der Waals surface area contributed by atoms with Gasteiger partial charge in [-0.2, -0.15) is 0 Å². The van der Waals surface area contributed by atoms with Crippen molar-refractivity contribution in [1.29, 1.82) is 0 Å². The van der Waals surface area contributed by atoms with Gasteiger partial charge < -0.3 is 0 Å². The Kier molecular flexibility index (Phi) is 13.6. The fourth-order valence-electron chi connectivity index (χ4n) is 14.6. The fourth-order valence-corrected chi connectivity index (χ4v) is 14.6. The van der Waals surface area contributed by atoms with Crippen LogP contribution in [0.1, 0.15) is 139 Å². The lowest BCUT2D eigenvalue weighted by atomic mass is 9.65. The molecule has 1 spiro atoms. The highest BCUT2D eigenvalue weighted by molar-refractivity contribution is 5.98. The summed E-state index contributed by atoms with van der Waals surface area (Å²) in [4.78, 5) is 0. The third-order valence-electron chi connectivity index (χ3n) is 18.8. The Bertz CT molecular complexity index is 4030. The van der Waals surface area contributed by atoms with Crippen molar-refractivity contribution in [2.45, 2.75) is 111 Å². The Morgan fingerprint density at radius 3 is 1.69 bits per heavy atom. The molecule has 81 heavy (non-hydrogen) atoms. The van der Waals surface area contributed by atoms with Crippen LogP contribution in [-0.2, 0) is 17.3 Å². The molecular formula is C81H76. The van der Waals surface area contributed by atoms with E-state index in [9.17, 15) is 0 Å². The van der Waals surface area contributed by atoms with E-state index in [4.69, 9.17) is 0 Å². The number of hydrogen-bond donors (Lipinski definition) is 0. The summed E-state index contributed by atoms with van der Waals surface area (Å²) in [7, 11) is 0. The Hall–Kier alpha value is -8.06. The highest BCUT2D eigenvalue weighted by Crippen LogP contribution is 2.65. The third-order valence-corrected chi connectivity index (χ3v) is 18.8. The van der Waals surface area contributed by atoms with Gasteiger partial charge in [-0.05, 0) is 205 Å². The van der Waals surface area contributed by atoms with E-state index in [1.54, 1.807) is 5.57 Å². The van der Waals surface area contributed by atoms with Crippen molar-refractivity contribution in [2.75, 3.05) is 0 Å². The molecule has 15 rings (SSSR count). The molecule has 0 bridgehead atoms. The summed E-state index contributed by atoms with van der Waals surface area (Å²) in [6.07, 6.45) is 18.9. The molecule has 0 nitrogen and oxygen atoms in total. The standard InChI is InChI=1S/C43H36.C22H24.C16H16/c1-26-18-22-34-35-23-21-30(32-14-9-15-36(41(32)29-19-20-29)31-12-5-4-10-27(31)2)25-40(35)43(39(34)24-26)38-17-7-6-13-33(38)37-16-8-11-28(3)42(37)43;1-3-4-18-7-11-20(12-8-18)22-15-13-21(14-16-22)19-9-5-17(2)6-10-19;1-11-8-9-13-12-6-4-5-7-14(12)16(2,3)15(13)10-11/h4-10,12-18,21-25,28-29H,11,19-20H2,1-3H3;5,7-17H,3-4,6H2,1-2H3;4-10H,1-3H3. The minimum Gasteiger partial charge on any atom is -0.0833 e. The third kappa shape index (κ3) is 9.17. The molecule has 0 saturated heterocycles. The molecule has 3 unspecified atom stereocenters. The van der Waals surface area contributed by atoms with Gasteiger partial charge in [-0.3, -0.25) is 0 Å². The summed E-state index contributed by atoms with van der Waals surface area (Å²) in [5, 5.41) is 0. The molecule has 400 valence electrons. The normalized spacial score (nSPS) is 19.0. The van der Waals surface area contributed by atoms with E-state index in [2.05, 4.69) is 280 Å². The molecule has 0 radical (unpaired) electrons. The lowest BCUT2D eigenvalue weighted by Gasteiger charge is -2.36. The first-order valence-electron chi connectivity index (χ1n) is 30.2. The SMILES string of the molecule is CCCc1ccc(-c2ccc(C3=CCC(C)C=C3)cc2)cc1.Cc1ccc2c(c1)C(C)(C)c1ccccc1-2.Cc1ccc2c(c1)C1(C3=C(C=CCC3C)c3ccccc31)c1cc(-c3cccc(-c4ccccc4C)c3C3CC3)ccc1-2.